The molecule has 21 heavy (non-hydrogen) atoms. The second kappa shape index (κ2) is 6.61. The Labute approximate surface area is 139 Å². The number of guanidine groups is 1. The van der Waals surface area contributed by atoms with Gasteiger partial charge in [0.2, 0.25) is 0 Å². The van der Waals surface area contributed by atoms with E-state index >= 15 is 0 Å². The summed E-state index contributed by atoms with van der Waals surface area (Å²) in [4.78, 5) is 6.97. The standard InChI is InChI=1S/C16H22BrN3S/c17-14-4-1-3-13(11-14)16(5-2-6-16)12-19-15(18)20-7-9-21-10-8-20/h1,3-4,11H,2,5-10,12H2,(H2,18,19). The molecule has 0 atom stereocenters. The van der Waals surface area contributed by atoms with Crippen molar-refractivity contribution in [2.24, 2.45) is 10.7 Å². The third kappa shape index (κ3) is 3.39. The van der Waals surface area contributed by atoms with Crippen LogP contribution in [0.2, 0.25) is 0 Å². The number of hydrogen-bond acceptors (Lipinski definition) is 2. The number of nitrogens with two attached hydrogens (primary N) is 1. The Balaban J connectivity index is 1.72. The zero-order valence-electron chi connectivity index (χ0n) is 12.2. The van der Waals surface area contributed by atoms with Crippen molar-refractivity contribution in [3.05, 3.63) is 34.3 Å². The maximum atomic E-state index is 6.20. The number of halogens is 1. The lowest BCUT2D eigenvalue weighted by atomic mass is 9.64. The highest BCUT2D eigenvalue weighted by Gasteiger charge is 2.38. The van der Waals surface area contributed by atoms with Gasteiger partial charge < -0.3 is 10.6 Å². The summed E-state index contributed by atoms with van der Waals surface area (Å²) in [5.74, 6) is 3.05. The minimum Gasteiger partial charge on any atom is -0.370 e. The van der Waals surface area contributed by atoms with E-state index in [-0.39, 0.29) is 5.41 Å². The van der Waals surface area contributed by atoms with Crippen molar-refractivity contribution < 1.29 is 0 Å². The molecular weight excluding hydrogens is 346 g/mol. The van der Waals surface area contributed by atoms with Gasteiger partial charge in [0, 0.05) is 34.5 Å². The summed E-state index contributed by atoms with van der Waals surface area (Å²) in [6.07, 6.45) is 3.73. The van der Waals surface area contributed by atoms with E-state index in [2.05, 4.69) is 45.1 Å². The highest BCUT2D eigenvalue weighted by Crippen LogP contribution is 2.44. The maximum absolute atomic E-state index is 6.20. The average Bonchev–Trinajstić information content (AvgIpc) is 2.47. The predicted octanol–water partition coefficient (Wildman–Crippen LogP) is 3.23. The van der Waals surface area contributed by atoms with E-state index in [0.29, 0.717) is 0 Å². The lowest BCUT2D eigenvalue weighted by Crippen LogP contribution is -2.44. The van der Waals surface area contributed by atoms with Crippen LogP contribution < -0.4 is 5.73 Å². The van der Waals surface area contributed by atoms with Crippen LogP contribution in [0.4, 0.5) is 0 Å². The zero-order chi connectivity index (χ0) is 14.7. The van der Waals surface area contributed by atoms with E-state index < -0.39 is 0 Å². The fourth-order valence-electron chi connectivity index (χ4n) is 3.08. The smallest absolute Gasteiger partial charge is 0.191 e. The summed E-state index contributed by atoms with van der Waals surface area (Å²) in [7, 11) is 0. The molecule has 0 bridgehead atoms. The first-order valence-electron chi connectivity index (χ1n) is 7.58. The van der Waals surface area contributed by atoms with Crippen LogP contribution in [-0.4, -0.2) is 42.0 Å². The Morgan fingerprint density at radius 2 is 2.10 bits per heavy atom. The lowest BCUT2D eigenvalue weighted by molar-refractivity contribution is 0.252. The van der Waals surface area contributed by atoms with Gasteiger partial charge in [0.05, 0.1) is 6.54 Å². The quantitative estimate of drug-likeness (QED) is 0.658. The molecule has 0 unspecified atom stereocenters. The second-order valence-electron chi connectivity index (χ2n) is 5.92. The zero-order valence-corrected chi connectivity index (χ0v) is 14.6. The van der Waals surface area contributed by atoms with E-state index in [9.17, 15) is 0 Å². The summed E-state index contributed by atoms with van der Waals surface area (Å²) in [5, 5.41) is 0. The van der Waals surface area contributed by atoms with Crippen molar-refractivity contribution in [2.75, 3.05) is 31.1 Å². The first kappa shape index (κ1) is 15.2. The summed E-state index contributed by atoms with van der Waals surface area (Å²) in [5.41, 5.74) is 7.80. The van der Waals surface area contributed by atoms with Crippen molar-refractivity contribution >= 4 is 33.7 Å². The molecule has 5 heteroatoms. The number of nitrogens with zero attached hydrogens (tertiary/aromatic N) is 2. The van der Waals surface area contributed by atoms with Gasteiger partial charge in [-0.15, -0.1) is 0 Å². The van der Waals surface area contributed by atoms with Crippen LogP contribution in [0.5, 0.6) is 0 Å². The van der Waals surface area contributed by atoms with E-state index in [1.54, 1.807) is 0 Å². The molecule has 0 radical (unpaired) electrons. The second-order valence-corrected chi connectivity index (χ2v) is 8.06. The molecule has 1 saturated carbocycles. The van der Waals surface area contributed by atoms with E-state index in [4.69, 9.17) is 10.7 Å². The van der Waals surface area contributed by atoms with Crippen LogP contribution in [0.15, 0.2) is 33.7 Å². The lowest BCUT2D eigenvalue weighted by Gasteiger charge is -2.41. The van der Waals surface area contributed by atoms with Gasteiger partial charge in [-0.25, -0.2) is 0 Å². The van der Waals surface area contributed by atoms with Crippen LogP contribution >= 0.6 is 27.7 Å². The maximum Gasteiger partial charge on any atom is 0.191 e. The molecule has 0 spiro atoms. The van der Waals surface area contributed by atoms with Gasteiger partial charge in [0.15, 0.2) is 5.96 Å². The van der Waals surface area contributed by atoms with Gasteiger partial charge in [-0.2, -0.15) is 11.8 Å². The fraction of sp³-hybridized carbons (Fsp3) is 0.562. The molecule has 1 aliphatic heterocycles. The molecule has 0 amide bonds. The Morgan fingerprint density at radius 3 is 2.71 bits per heavy atom. The Hall–Kier alpha value is -0.680. The van der Waals surface area contributed by atoms with Crippen LogP contribution in [0, 0.1) is 0 Å². The van der Waals surface area contributed by atoms with Crippen molar-refractivity contribution in [1.29, 1.82) is 0 Å². The van der Waals surface area contributed by atoms with Gasteiger partial charge in [-0.05, 0) is 30.5 Å². The first-order chi connectivity index (χ1) is 10.2. The number of benzene rings is 1. The largest absolute Gasteiger partial charge is 0.370 e. The molecule has 0 aromatic heterocycles. The Morgan fingerprint density at radius 1 is 1.33 bits per heavy atom. The van der Waals surface area contributed by atoms with E-state index in [1.807, 2.05) is 11.8 Å². The third-order valence-corrected chi connectivity index (χ3v) is 6.06. The summed E-state index contributed by atoms with van der Waals surface area (Å²) in [6, 6.07) is 8.67. The van der Waals surface area contributed by atoms with Crippen LogP contribution in [0.25, 0.3) is 0 Å². The molecule has 1 heterocycles. The fourth-order valence-corrected chi connectivity index (χ4v) is 4.39. The molecule has 1 aromatic rings. The molecular formula is C16H22BrN3S. The van der Waals surface area contributed by atoms with E-state index in [1.165, 1.54) is 24.8 Å². The van der Waals surface area contributed by atoms with Crippen molar-refractivity contribution in [3.63, 3.8) is 0 Å². The molecule has 1 aliphatic carbocycles. The third-order valence-electron chi connectivity index (χ3n) is 4.63. The first-order valence-corrected chi connectivity index (χ1v) is 9.53. The van der Waals surface area contributed by atoms with E-state index in [0.717, 1.165) is 41.6 Å². The summed E-state index contributed by atoms with van der Waals surface area (Å²) < 4.78 is 1.15. The number of aliphatic imine (C=N–C) groups is 1. The topological polar surface area (TPSA) is 41.6 Å². The number of rotatable bonds is 3. The minimum absolute atomic E-state index is 0.207. The van der Waals surface area contributed by atoms with Crippen LogP contribution in [-0.2, 0) is 5.41 Å². The molecule has 3 nitrogen and oxygen atoms in total. The van der Waals surface area contributed by atoms with Gasteiger partial charge in [0.1, 0.15) is 0 Å². The van der Waals surface area contributed by atoms with Crippen molar-refractivity contribution in [1.82, 2.24) is 4.90 Å². The normalized spacial score (nSPS) is 22.0. The van der Waals surface area contributed by atoms with Gasteiger partial charge in [-0.1, -0.05) is 34.5 Å². The highest BCUT2D eigenvalue weighted by atomic mass is 79.9. The Kier molecular flexibility index (Phi) is 4.79. The molecule has 2 fully saturated rings. The number of thioether (sulfide) groups is 1. The SMILES string of the molecule is NC(=NCC1(c2cccc(Br)c2)CCC1)N1CCSCC1. The molecule has 114 valence electrons. The van der Waals surface area contributed by atoms with Crippen LogP contribution in [0.1, 0.15) is 24.8 Å². The average molecular weight is 368 g/mol. The molecule has 2 N–H and O–H groups in total. The van der Waals surface area contributed by atoms with Gasteiger partial charge in [-0.3, -0.25) is 4.99 Å². The van der Waals surface area contributed by atoms with Crippen molar-refractivity contribution in [3.8, 4) is 0 Å². The monoisotopic (exact) mass is 367 g/mol. The molecule has 3 rings (SSSR count). The van der Waals surface area contributed by atoms with Gasteiger partial charge >= 0.3 is 0 Å². The predicted molar refractivity (Wildman–Crippen MR) is 95.1 cm³/mol. The number of hydrogen-bond donors (Lipinski definition) is 1. The van der Waals surface area contributed by atoms with Gasteiger partial charge in [0.25, 0.3) is 0 Å². The summed E-state index contributed by atoms with van der Waals surface area (Å²) >= 11 is 5.58. The molecule has 2 aliphatic rings. The van der Waals surface area contributed by atoms with Crippen LogP contribution in [0.3, 0.4) is 0 Å². The summed E-state index contributed by atoms with van der Waals surface area (Å²) in [6.45, 7) is 2.88. The minimum atomic E-state index is 0.207. The molecule has 1 aromatic carbocycles. The Bertz CT molecular complexity index is 522. The van der Waals surface area contributed by atoms with Crippen molar-refractivity contribution in [2.45, 2.75) is 24.7 Å². The molecule has 1 saturated heterocycles. The highest BCUT2D eigenvalue weighted by molar-refractivity contribution is 9.10.